The van der Waals surface area contributed by atoms with Crippen LogP contribution in [0.5, 0.6) is 11.5 Å². The third-order valence-corrected chi connectivity index (χ3v) is 5.58. The second kappa shape index (κ2) is 15.2. The molecule has 0 heterocycles. The summed E-state index contributed by atoms with van der Waals surface area (Å²) < 4.78 is 69.9. The lowest BCUT2D eigenvalue weighted by Crippen LogP contribution is -2.33. The van der Waals surface area contributed by atoms with E-state index >= 15 is 0 Å². The maximum absolute atomic E-state index is 13.0. The van der Waals surface area contributed by atoms with Crippen LogP contribution in [-0.4, -0.2) is 43.7 Å². The Labute approximate surface area is 244 Å². The minimum absolute atomic E-state index is 0.0242. The number of carbonyl (C=O) groups is 3. The van der Waals surface area contributed by atoms with E-state index in [-0.39, 0.29) is 30.1 Å². The van der Waals surface area contributed by atoms with Crippen LogP contribution in [0.2, 0.25) is 0 Å². The number of nitrogen functional groups attached to an aromatic ring is 2. The summed E-state index contributed by atoms with van der Waals surface area (Å²) in [6, 6.07) is 14.7. The van der Waals surface area contributed by atoms with E-state index in [2.05, 4.69) is 4.74 Å². The molecule has 0 atom stereocenters. The highest BCUT2D eigenvalue weighted by Gasteiger charge is 2.43. The van der Waals surface area contributed by atoms with Crippen LogP contribution in [0.3, 0.4) is 0 Å². The van der Waals surface area contributed by atoms with Crippen molar-refractivity contribution in [3.8, 4) is 11.5 Å². The normalized spacial score (nSPS) is 11.4. The van der Waals surface area contributed by atoms with Crippen LogP contribution < -0.4 is 20.9 Å². The van der Waals surface area contributed by atoms with Gasteiger partial charge in [0.25, 0.3) is 0 Å². The van der Waals surface area contributed by atoms with E-state index in [9.17, 15) is 31.9 Å². The van der Waals surface area contributed by atoms with Crippen LogP contribution in [0.25, 0.3) is 6.08 Å². The van der Waals surface area contributed by atoms with E-state index in [0.717, 1.165) is 24.3 Å². The summed E-state index contributed by atoms with van der Waals surface area (Å²) in [4.78, 5) is 36.3. The molecule has 0 fully saturated rings. The van der Waals surface area contributed by atoms with Crippen molar-refractivity contribution in [2.45, 2.75) is 31.8 Å². The monoisotopic (exact) mass is 604 g/mol. The van der Waals surface area contributed by atoms with Crippen molar-refractivity contribution in [3.63, 3.8) is 0 Å². The smallest absolute Gasteiger partial charge is 0.461 e. The first-order chi connectivity index (χ1) is 20.4. The van der Waals surface area contributed by atoms with Gasteiger partial charge in [-0.3, -0.25) is 0 Å². The second-order valence-corrected chi connectivity index (χ2v) is 9.03. The average molecular weight is 605 g/mol. The molecule has 3 aromatic rings. The molecular formula is C30H28F4N2O7. The number of benzene rings is 3. The third kappa shape index (κ3) is 10.7. The van der Waals surface area contributed by atoms with Crippen LogP contribution in [0, 0.1) is 0 Å². The standard InChI is InChI=1S/C30H28F4N2O7/c31-29(32)30(33,34)43-25-11-7-20(8-12-25)28(39)42-24-9-4-19(5-10-24)6-13-26(37)40-14-2-1-3-15-41-27(38)21-16-22(35)18-23(36)17-21/h4-13,16-18,29H,1-3,14-15,35-36H2. The van der Waals surface area contributed by atoms with Gasteiger partial charge in [-0.2, -0.15) is 17.6 Å². The summed E-state index contributed by atoms with van der Waals surface area (Å²) in [7, 11) is 0. The van der Waals surface area contributed by atoms with Gasteiger partial charge in [0.15, 0.2) is 0 Å². The van der Waals surface area contributed by atoms with Gasteiger partial charge in [-0.1, -0.05) is 12.1 Å². The molecule has 0 unspecified atom stereocenters. The molecule has 0 amide bonds. The van der Waals surface area contributed by atoms with Crippen LogP contribution >= 0.6 is 0 Å². The number of halogens is 4. The van der Waals surface area contributed by atoms with Crippen LogP contribution in [-0.2, 0) is 14.3 Å². The molecule has 0 aromatic heterocycles. The summed E-state index contributed by atoms with van der Waals surface area (Å²) in [5.74, 6) is -2.28. The molecule has 0 aliphatic heterocycles. The number of hydrogen-bond donors (Lipinski definition) is 2. The zero-order valence-corrected chi connectivity index (χ0v) is 22.6. The summed E-state index contributed by atoms with van der Waals surface area (Å²) >= 11 is 0. The maximum Gasteiger partial charge on any atom is 0.461 e. The van der Waals surface area contributed by atoms with Crippen molar-refractivity contribution in [1.29, 1.82) is 0 Å². The van der Waals surface area contributed by atoms with Gasteiger partial charge in [0.05, 0.1) is 24.3 Å². The van der Waals surface area contributed by atoms with E-state index in [1.807, 2.05) is 0 Å². The highest BCUT2D eigenvalue weighted by Crippen LogP contribution is 2.27. The SMILES string of the molecule is Nc1cc(N)cc(C(=O)OCCCCCOC(=O)C=Cc2ccc(OC(=O)c3ccc(OC(F)(F)C(F)F)cc3)cc2)c1. The first-order valence-corrected chi connectivity index (χ1v) is 12.9. The Balaban J connectivity index is 1.33. The maximum atomic E-state index is 13.0. The lowest BCUT2D eigenvalue weighted by atomic mass is 10.2. The topological polar surface area (TPSA) is 140 Å². The average Bonchev–Trinajstić information content (AvgIpc) is 2.95. The number of unbranched alkanes of at least 4 members (excludes halogenated alkanes) is 2. The molecule has 228 valence electrons. The Hall–Kier alpha value is -5.07. The highest BCUT2D eigenvalue weighted by atomic mass is 19.3. The van der Waals surface area contributed by atoms with Crippen molar-refractivity contribution in [2.75, 3.05) is 24.7 Å². The Morgan fingerprint density at radius 1 is 0.744 bits per heavy atom. The van der Waals surface area contributed by atoms with Gasteiger partial charge in [0, 0.05) is 17.5 Å². The molecule has 3 aromatic carbocycles. The fraction of sp³-hybridized carbons (Fsp3) is 0.233. The molecule has 0 aliphatic carbocycles. The minimum Gasteiger partial charge on any atom is -0.463 e. The number of carbonyl (C=O) groups excluding carboxylic acids is 3. The van der Waals surface area contributed by atoms with Gasteiger partial charge in [0.1, 0.15) is 11.5 Å². The summed E-state index contributed by atoms with van der Waals surface area (Å²) in [5.41, 5.74) is 12.9. The number of rotatable bonds is 14. The molecular weight excluding hydrogens is 576 g/mol. The number of ether oxygens (including phenoxy) is 4. The van der Waals surface area contributed by atoms with Gasteiger partial charge in [-0.15, -0.1) is 0 Å². The molecule has 0 aliphatic rings. The van der Waals surface area contributed by atoms with Gasteiger partial charge in [-0.05, 0) is 85.5 Å². The largest absolute Gasteiger partial charge is 0.463 e. The molecule has 0 saturated carbocycles. The zero-order valence-electron chi connectivity index (χ0n) is 22.6. The molecule has 0 radical (unpaired) electrons. The number of alkyl halides is 4. The Morgan fingerprint density at radius 3 is 1.93 bits per heavy atom. The summed E-state index contributed by atoms with van der Waals surface area (Å²) in [6.07, 6.45) is -4.12. The lowest BCUT2D eigenvalue weighted by Gasteiger charge is -2.16. The van der Waals surface area contributed by atoms with Crippen molar-refractivity contribution < 1.29 is 50.9 Å². The van der Waals surface area contributed by atoms with Crippen molar-refractivity contribution in [2.24, 2.45) is 0 Å². The molecule has 0 spiro atoms. The molecule has 13 heteroatoms. The lowest BCUT2D eigenvalue weighted by molar-refractivity contribution is -0.253. The quantitative estimate of drug-likeness (QED) is 0.0576. The predicted molar refractivity (Wildman–Crippen MR) is 149 cm³/mol. The molecule has 3 rings (SSSR count). The Morgan fingerprint density at radius 2 is 1.33 bits per heavy atom. The van der Waals surface area contributed by atoms with E-state index in [1.54, 1.807) is 12.1 Å². The Kier molecular flexibility index (Phi) is 11.5. The van der Waals surface area contributed by atoms with E-state index in [4.69, 9.17) is 25.7 Å². The molecule has 9 nitrogen and oxygen atoms in total. The molecule has 0 bridgehead atoms. The molecule has 4 N–H and O–H groups in total. The first kappa shape index (κ1) is 32.4. The molecule has 43 heavy (non-hydrogen) atoms. The minimum atomic E-state index is -4.66. The number of nitrogens with two attached hydrogens (primary N) is 2. The van der Waals surface area contributed by atoms with Gasteiger partial charge >= 0.3 is 30.4 Å². The van der Waals surface area contributed by atoms with E-state index in [0.29, 0.717) is 36.2 Å². The number of anilines is 2. The number of esters is 3. The van der Waals surface area contributed by atoms with Crippen molar-refractivity contribution >= 4 is 35.4 Å². The van der Waals surface area contributed by atoms with E-state index < -0.39 is 36.2 Å². The van der Waals surface area contributed by atoms with E-state index in [1.165, 1.54) is 42.5 Å². The van der Waals surface area contributed by atoms with Gasteiger partial charge in [-0.25, -0.2) is 14.4 Å². The van der Waals surface area contributed by atoms with Gasteiger partial charge < -0.3 is 30.4 Å². The van der Waals surface area contributed by atoms with Crippen LogP contribution in [0.1, 0.15) is 45.5 Å². The van der Waals surface area contributed by atoms with Crippen molar-refractivity contribution in [3.05, 3.63) is 89.5 Å². The van der Waals surface area contributed by atoms with Crippen molar-refractivity contribution in [1.82, 2.24) is 0 Å². The fourth-order valence-corrected chi connectivity index (χ4v) is 3.48. The third-order valence-electron chi connectivity index (χ3n) is 5.58. The summed E-state index contributed by atoms with van der Waals surface area (Å²) in [5, 5.41) is 0. The number of hydrogen-bond acceptors (Lipinski definition) is 9. The van der Waals surface area contributed by atoms with Crippen LogP contribution in [0.4, 0.5) is 28.9 Å². The van der Waals surface area contributed by atoms with Gasteiger partial charge in [0.2, 0.25) is 0 Å². The second-order valence-electron chi connectivity index (χ2n) is 9.03. The van der Waals surface area contributed by atoms with Crippen LogP contribution in [0.15, 0.2) is 72.8 Å². The predicted octanol–water partition coefficient (Wildman–Crippen LogP) is 5.89. The highest BCUT2D eigenvalue weighted by molar-refractivity contribution is 5.92. The zero-order chi connectivity index (χ0) is 31.4. The first-order valence-electron chi connectivity index (χ1n) is 12.9. The summed E-state index contributed by atoms with van der Waals surface area (Å²) in [6.45, 7) is 0.374. The Bertz CT molecular complexity index is 1410. The molecule has 0 saturated heterocycles. The fourth-order valence-electron chi connectivity index (χ4n) is 3.48.